The van der Waals surface area contributed by atoms with E-state index in [4.69, 9.17) is 19.5 Å². The topological polar surface area (TPSA) is 71.8 Å². The second-order valence-electron chi connectivity index (χ2n) is 4.87. The molecule has 0 aliphatic carbocycles. The van der Waals surface area contributed by atoms with Crippen molar-refractivity contribution in [2.75, 3.05) is 46.6 Å². The van der Waals surface area contributed by atoms with Gasteiger partial charge in [-0.3, -0.25) is 0 Å². The van der Waals surface area contributed by atoms with Gasteiger partial charge in [0.1, 0.15) is 18.2 Å². The molecule has 1 heterocycles. The third-order valence-corrected chi connectivity index (χ3v) is 3.18. The Kier molecular flexibility index (Phi) is 9.75. The van der Waals surface area contributed by atoms with Gasteiger partial charge in [-0.1, -0.05) is 0 Å². The minimum atomic E-state index is -0.624. The Morgan fingerprint density at radius 3 is 2.59 bits per heavy atom. The van der Waals surface area contributed by atoms with E-state index in [0.29, 0.717) is 13.2 Å². The van der Waals surface area contributed by atoms with Crippen LogP contribution in [0, 0.1) is 11.3 Å². The summed E-state index contributed by atoms with van der Waals surface area (Å²) in [6.07, 6.45) is 8.76. The fourth-order valence-electron chi connectivity index (χ4n) is 1.99. The molecule has 6 heteroatoms. The molecule has 0 amide bonds. The summed E-state index contributed by atoms with van der Waals surface area (Å²) in [6.45, 7) is 3.41. The van der Waals surface area contributed by atoms with E-state index >= 15 is 0 Å². The first-order valence-electron chi connectivity index (χ1n) is 7.54. The maximum Gasteiger partial charge on any atom is 0.348 e. The summed E-state index contributed by atoms with van der Waals surface area (Å²) < 4.78 is 15.0. The summed E-state index contributed by atoms with van der Waals surface area (Å²) in [5.41, 5.74) is -0.00912. The zero-order valence-electron chi connectivity index (χ0n) is 13.1. The van der Waals surface area contributed by atoms with E-state index in [1.54, 1.807) is 13.2 Å². The fourth-order valence-corrected chi connectivity index (χ4v) is 1.99. The number of likely N-dealkylation sites (tertiary alicyclic amines) is 1. The van der Waals surface area contributed by atoms with Crippen LogP contribution in [0.25, 0.3) is 0 Å². The first-order valence-corrected chi connectivity index (χ1v) is 7.54. The number of nitriles is 1. The van der Waals surface area contributed by atoms with Gasteiger partial charge in [-0.25, -0.2) is 4.79 Å². The van der Waals surface area contributed by atoms with Crippen molar-refractivity contribution in [3.63, 3.8) is 0 Å². The van der Waals surface area contributed by atoms with Crippen molar-refractivity contribution in [3.05, 3.63) is 23.9 Å². The molecular formula is C16H24N2O4. The number of nitrogens with zero attached hydrogens (tertiary/aromatic N) is 2. The van der Waals surface area contributed by atoms with Crippen LogP contribution in [0.15, 0.2) is 23.9 Å². The smallest absolute Gasteiger partial charge is 0.348 e. The molecule has 6 nitrogen and oxygen atoms in total. The second kappa shape index (κ2) is 11.8. The van der Waals surface area contributed by atoms with Crippen molar-refractivity contribution in [1.82, 2.24) is 4.90 Å². The highest BCUT2D eigenvalue weighted by Crippen LogP contribution is 2.09. The average Bonchev–Trinajstić information content (AvgIpc) is 2.55. The molecule has 0 aromatic heterocycles. The molecule has 0 N–H and O–H groups in total. The van der Waals surface area contributed by atoms with E-state index in [2.05, 4.69) is 4.90 Å². The van der Waals surface area contributed by atoms with Crippen LogP contribution in [0.3, 0.4) is 0 Å². The lowest BCUT2D eigenvalue weighted by Gasteiger charge is -2.24. The quantitative estimate of drug-likeness (QED) is 0.212. The highest BCUT2D eigenvalue weighted by atomic mass is 16.6. The molecule has 1 saturated heterocycles. The van der Waals surface area contributed by atoms with Crippen LogP contribution in [0.5, 0.6) is 0 Å². The summed E-state index contributed by atoms with van der Waals surface area (Å²) in [5, 5.41) is 8.99. The Bertz CT molecular complexity index is 420. The van der Waals surface area contributed by atoms with Gasteiger partial charge in [0.25, 0.3) is 0 Å². The van der Waals surface area contributed by atoms with Gasteiger partial charge in [0.15, 0.2) is 0 Å². The van der Waals surface area contributed by atoms with Gasteiger partial charge >= 0.3 is 5.97 Å². The number of hydrogen-bond acceptors (Lipinski definition) is 6. The molecule has 1 aliphatic heterocycles. The number of hydrogen-bond donors (Lipinski definition) is 0. The first-order chi connectivity index (χ1) is 10.8. The fraction of sp³-hybridized carbons (Fsp3) is 0.625. The number of methoxy groups -OCH3 is 1. The maximum atomic E-state index is 11.7. The lowest BCUT2D eigenvalue weighted by molar-refractivity contribution is -0.140. The van der Waals surface area contributed by atoms with Gasteiger partial charge in [0.05, 0.1) is 19.8 Å². The zero-order valence-corrected chi connectivity index (χ0v) is 13.1. The zero-order chi connectivity index (χ0) is 16.0. The monoisotopic (exact) mass is 308 g/mol. The van der Waals surface area contributed by atoms with Crippen LogP contribution in [0.2, 0.25) is 0 Å². The summed E-state index contributed by atoms with van der Waals surface area (Å²) in [4.78, 5) is 13.9. The van der Waals surface area contributed by atoms with Crippen LogP contribution in [0.4, 0.5) is 0 Å². The van der Waals surface area contributed by atoms with E-state index in [-0.39, 0.29) is 18.8 Å². The Balaban J connectivity index is 2.29. The number of carbonyl (C=O) groups excluding carboxylic acids is 1. The van der Waals surface area contributed by atoms with Crippen LogP contribution in [0.1, 0.15) is 19.3 Å². The van der Waals surface area contributed by atoms with Crippen LogP contribution >= 0.6 is 0 Å². The minimum absolute atomic E-state index is 0.00912. The Morgan fingerprint density at radius 2 is 1.91 bits per heavy atom. The third kappa shape index (κ3) is 7.81. The van der Waals surface area contributed by atoms with Gasteiger partial charge in [-0.15, -0.1) is 0 Å². The summed E-state index contributed by atoms with van der Waals surface area (Å²) in [6, 6.07) is 1.86. The highest BCUT2D eigenvalue weighted by molar-refractivity contribution is 5.93. The summed E-state index contributed by atoms with van der Waals surface area (Å²) in [7, 11) is 1.59. The number of carbonyl (C=O) groups is 1. The van der Waals surface area contributed by atoms with Gasteiger partial charge in [0.2, 0.25) is 0 Å². The van der Waals surface area contributed by atoms with Crippen molar-refractivity contribution in [2.24, 2.45) is 0 Å². The van der Waals surface area contributed by atoms with Crippen LogP contribution < -0.4 is 0 Å². The predicted octanol–water partition coefficient (Wildman–Crippen LogP) is 1.64. The van der Waals surface area contributed by atoms with E-state index < -0.39 is 5.97 Å². The number of piperidine rings is 1. The van der Waals surface area contributed by atoms with Crippen LogP contribution in [-0.4, -0.2) is 57.5 Å². The van der Waals surface area contributed by atoms with Crippen molar-refractivity contribution in [2.45, 2.75) is 19.3 Å². The molecule has 0 radical (unpaired) electrons. The highest BCUT2D eigenvalue weighted by Gasteiger charge is 2.09. The molecular weight excluding hydrogens is 284 g/mol. The predicted molar refractivity (Wildman–Crippen MR) is 81.9 cm³/mol. The molecule has 1 fully saturated rings. The van der Waals surface area contributed by atoms with Crippen molar-refractivity contribution < 1.29 is 19.0 Å². The van der Waals surface area contributed by atoms with Crippen molar-refractivity contribution in [3.8, 4) is 6.07 Å². The lowest BCUT2D eigenvalue weighted by Crippen LogP contribution is -2.23. The van der Waals surface area contributed by atoms with E-state index in [0.717, 1.165) is 13.1 Å². The van der Waals surface area contributed by atoms with Gasteiger partial charge in [-0.05, 0) is 37.6 Å². The normalized spacial score (nSPS) is 15.8. The number of allylic oxidation sites excluding steroid dienone is 2. The molecule has 0 aromatic rings. The van der Waals surface area contributed by atoms with Gasteiger partial charge in [-0.2, -0.15) is 5.26 Å². The maximum absolute atomic E-state index is 11.7. The van der Waals surface area contributed by atoms with E-state index in [9.17, 15) is 4.79 Å². The first kappa shape index (κ1) is 18.2. The van der Waals surface area contributed by atoms with Crippen molar-refractivity contribution >= 4 is 5.97 Å². The van der Waals surface area contributed by atoms with Crippen LogP contribution in [-0.2, 0) is 19.0 Å². The van der Waals surface area contributed by atoms with E-state index in [1.165, 1.54) is 25.3 Å². The molecule has 0 bridgehead atoms. The van der Waals surface area contributed by atoms with Gasteiger partial charge in [0, 0.05) is 20.2 Å². The molecule has 0 atom stereocenters. The van der Waals surface area contributed by atoms with Gasteiger partial charge < -0.3 is 19.1 Å². The Morgan fingerprint density at radius 1 is 1.18 bits per heavy atom. The molecule has 1 rings (SSSR count). The average molecular weight is 308 g/mol. The third-order valence-electron chi connectivity index (χ3n) is 3.18. The SMILES string of the molecule is COCCOCCOC(=O)C(C#N)=CC=CN1CCCCC1. The molecule has 0 aromatic carbocycles. The second-order valence-corrected chi connectivity index (χ2v) is 4.87. The number of rotatable bonds is 9. The summed E-state index contributed by atoms with van der Waals surface area (Å²) in [5.74, 6) is -0.624. The van der Waals surface area contributed by atoms with Crippen molar-refractivity contribution in [1.29, 1.82) is 5.26 Å². The number of esters is 1. The molecule has 22 heavy (non-hydrogen) atoms. The molecule has 0 spiro atoms. The molecule has 0 unspecified atom stereocenters. The molecule has 122 valence electrons. The summed E-state index contributed by atoms with van der Waals surface area (Å²) >= 11 is 0. The number of ether oxygens (including phenoxy) is 3. The lowest BCUT2D eigenvalue weighted by atomic mass is 10.1. The Labute approximate surface area is 131 Å². The Hall–Kier alpha value is -1.84. The minimum Gasteiger partial charge on any atom is -0.459 e. The standard InChI is InChI=1S/C16H24N2O4/c1-20-10-11-21-12-13-22-16(19)15(14-17)6-5-9-18-7-3-2-4-8-18/h5-6,9H,2-4,7-8,10-13H2,1H3. The molecule has 1 aliphatic rings. The van der Waals surface area contributed by atoms with E-state index in [1.807, 2.05) is 12.3 Å². The molecule has 0 saturated carbocycles. The largest absolute Gasteiger partial charge is 0.459 e.